The summed E-state index contributed by atoms with van der Waals surface area (Å²) in [4.78, 5) is 12.3. The predicted molar refractivity (Wildman–Crippen MR) is 96.1 cm³/mol. The first-order valence-corrected chi connectivity index (χ1v) is 7.69. The molecule has 23 heavy (non-hydrogen) atoms. The molecule has 0 fully saturated rings. The maximum Gasteiger partial charge on any atom is 0.293 e. The van der Waals surface area contributed by atoms with Crippen LogP contribution in [0.2, 0.25) is 5.02 Å². The van der Waals surface area contributed by atoms with Crippen LogP contribution in [-0.4, -0.2) is 11.0 Å². The zero-order valence-electron chi connectivity index (χ0n) is 12.2. The Labute approximate surface area is 143 Å². The van der Waals surface area contributed by atoms with Crippen molar-refractivity contribution in [2.24, 2.45) is 0 Å². The maximum absolute atomic E-state index is 12.3. The normalized spacial score (nSPS) is 10.5. The maximum atomic E-state index is 12.3. The number of furan rings is 1. The van der Waals surface area contributed by atoms with E-state index in [0.29, 0.717) is 10.6 Å². The van der Waals surface area contributed by atoms with E-state index >= 15 is 0 Å². The fraction of sp³-hybridized carbons (Fsp3) is 0.0588. The third kappa shape index (κ3) is 3.36. The summed E-state index contributed by atoms with van der Waals surface area (Å²) in [7, 11) is 0. The number of thiocarbonyl (C=S) groups is 1. The molecule has 3 aromatic rings. The number of anilines is 1. The number of fused-ring (bicyclic) bond motifs is 1. The molecular formula is C17H13ClN2O2S. The first kappa shape index (κ1) is 15.5. The van der Waals surface area contributed by atoms with Crippen molar-refractivity contribution in [1.82, 2.24) is 5.32 Å². The summed E-state index contributed by atoms with van der Waals surface area (Å²) in [6.45, 7) is 1.84. The zero-order valence-corrected chi connectivity index (χ0v) is 13.8. The minimum atomic E-state index is -0.384. The second-order valence-electron chi connectivity index (χ2n) is 4.97. The van der Waals surface area contributed by atoms with Crippen molar-refractivity contribution in [1.29, 1.82) is 0 Å². The number of carbonyl (C=O) groups excluding carboxylic acids is 1. The van der Waals surface area contributed by atoms with Crippen LogP contribution >= 0.6 is 23.8 Å². The molecule has 0 aliphatic heterocycles. The summed E-state index contributed by atoms with van der Waals surface area (Å²) in [5.41, 5.74) is 2.19. The minimum absolute atomic E-state index is 0.192. The van der Waals surface area contributed by atoms with Gasteiger partial charge in [0.2, 0.25) is 0 Å². The predicted octanol–water partition coefficient (Wildman–Crippen LogP) is 4.52. The molecule has 0 saturated carbocycles. The van der Waals surface area contributed by atoms with Crippen LogP contribution in [0.5, 0.6) is 0 Å². The Kier molecular flexibility index (Phi) is 4.32. The van der Waals surface area contributed by atoms with E-state index in [9.17, 15) is 4.79 Å². The summed E-state index contributed by atoms with van der Waals surface area (Å²) in [6, 6.07) is 14.5. The van der Waals surface area contributed by atoms with Gasteiger partial charge in [0.05, 0.1) is 0 Å². The van der Waals surface area contributed by atoms with Gasteiger partial charge in [-0.2, -0.15) is 0 Å². The van der Waals surface area contributed by atoms with Gasteiger partial charge in [0, 0.05) is 21.7 Å². The van der Waals surface area contributed by atoms with Gasteiger partial charge < -0.3 is 9.73 Å². The standard InChI is InChI=1S/C17H13ClN2O2S/c1-10-13-4-2-3-5-14(13)22-15(10)16(21)20-17(23)19-12-8-6-11(18)7-9-12/h2-9H,1H3,(H2,19,20,21,23). The van der Waals surface area contributed by atoms with Gasteiger partial charge in [-0.15, -0.1) is 0 Å². The molecular weight excluding hydrogens is 332 g/mol. The van der Waals surface area contributed by atoms with Crippen molar-refractivity contribution in [3.63, 3.8) is 0 Å². The Bertz CT molecular complexity index is 887. The van der Waals surface area contributed by atoms with E-state index in [1.165, 1.54) is 0 Å². The van der Waals surface area contributed by atoms with Gasteiger partial charge in [-0.1, -0.05) is 29.8 Å². The van der Waals surface area contributed by atoms with Crippen molar-refractivity contribution in [3.8, 4) is 0 Å². The SMILES string of the molecule is Cc1c(C(=O)NC(=S)Nc2ccc(Cl)cc2)oc2ccccc12. The van der Waals surface area contributed by atoms with E-state index in [-0.39, 0.29) is 16.8 Å². The first-order valence-electron chi connectivity index (χ1n) is 6.90. The highest BCUT2D eigenvalue weighted by atomic mass is 35.5. The van der Waals surface area contributed by atoms with Crippen LogP contribution in [0.1, 0.15) is 16.1 Å². The van der Waals surface area contributed by atoms with Crippen LogP contribution < -0.4 is 10.6 Å². The Morgan fingerprint density at radius 2 is 1.83 bits per heavy atom. The molecule has 0 radical (unpaired) electrons. The fourth-order valence-electron chi connectivity index (χ4n) is 2.25. The number of carbonyl (C=O) groups is 1. The number of aryl methyl sites for hydroxylation is 1. The van der Waals surface area contributed by atoms with Gasteiger partial charge in [0.1, 0.15) is 5.58 Å². The van der Waals surface area contributed by atoms with Crippen molar-refractivity contribution in [3.05, 3.63) is 64.9 Å². The van der Waals surface area contributed by atoms with Crippen molar-refractivity contribution in [2.75, 3.05) is 5.32 Å². The van der Waals surface area contributed by atoms with Crippen molar-refractivity contribution in [2.45, 2.75) is 6.92 Å². The molecule has 2 N–H and O–H groups in total. The lowest BCUT2D eigenvalue weighted by atomic mass is 10.1. The Balaban J connectivity index is 1.73. The van der Waals surface area contributed by atoms with Gasteiger partial charge in [-0.25, -0.2) is 0 Å². The zero-order chi connectivity index (χ0) is 16.4. The molecule has 3 rings (SSSR count). The summed E-state index contributed by atoms with van der Waals surface area (Å²) >= 11 is 11.0. The number of amides is 1. The molecule has 0 atom stereocenters. The van der Waals surface area contributed by atoms with E-state index in [0.717, 1.165) is 16.6 Å². The lowest BCUT2D eigenvalue weighted by Crippen LogP contribution is -2.34. The Morgan fingerprint density at radius 3 is 2.52 bits per heavy atom. The summed E-state index contributed by atoms with van der Waals surface area (Å²) in [6.07, 6.45) is 0. The molecule has 0 unspecified atom stereocenters. The van der Waals surface area contributed by atoms with Crippen LogP contribution in [0.3, 0.4) is 0 Å². The second kappa shape index (κ2) is 6.40. The smallest absolute Gasteiger partial charge is 0.293 e. The van der Waals surface area contributed by atoms with E-state index in [1.54, 1.807) is 24.3 Å². The molecule has 0 aliphatic carbocycles. The Morgan fingerprint density at radius 1 is 1.13 bits per heavy atom. The summed E-state index contributed by atoms with van der Waals surface area (Å²) < 4.78 is 5.61. The molecule has 116 valence electrons. The van der Waals surface area contributed by atoms with Gasteiger partial charge in [0.25, 0.3) is 5.91 Å². The third-order valence-corrected chi connectivity index (χ3v) is 3.84. The molecule has 1 amide bonds. The van der Waals surface area contributed by atoms with Gasteiger partial charge in [-0.3, -0.25) is 10.1 Å². The number of hydrogen-bond donors (Lipinski definition) is 2. The van der Waals surface area contributed by atoms with E-state index < -0.39 is 0 Å². The summed E-state index contributed by atoms with van der Waals surface area (Å²) in [5.74, 6) is -0.128. The highest BCUT2D eigenvalue weighted by Crippen LogP contribution is 2.24. The topological polar surface area (TPSA) is 54.3 Å². The lowest BCUT2D eigenvalue weighted by Gasteiger charge is -2.08. The number of para-hydroxylation sites is 1. The first-order chi connectivity index (χ1) is 11.0. The molecule has 1 aromatic heterocycles. The van der Waals surface area contributed by atoms with Crippen LogP contribution in [0, 0.1) is 6.92 Å². The number of nitrogens with one attached hydrogen (secondary N) is 2. The van der Waals surface area contributed by atoms with Gasteiger partial charge in [0.15, 0.2) is 10.9 Å². The van der Waals surface area contributed by atoms with Gasteiger partial charge >= 0.3 is 0 Å². The second-order valence-corrected chi connectivity index (χ2v) is 5.81. The van der Waals surface area contributed by atoms with Crippen LogP contribution in [0.15, 0.2) is 52.9 Å². The number of benzene rings is 2. The lowest BCUT2D eigenvalue weighted by molar-refractivity contribution is 0.0952. The highest BCUT2D eigenvalue weighted by Gasteiger charge is 2.18. The average Bonchev–Trinajstić information content (AvgIpc) is 2.87. The summed E-state index contributed by atoms with van der Waals surface area (Å²) in [5, 5.41) is 7.27. The van der Waals surface area contributed by atoms with Crippen LogP contribution in [-0.2, 0) is 0 Å². The van der Waals surface area contributed by atoms with E-state index in [1.807, 2.05) is 31.2 Å². The minimum Gasteiger partial charge on any atom is -0.451 e. The molecule has 6 heteroatoms. The van der Waals surface area contributed by atoms with Crippen molar-refractivity contribution < 1.29 is 9.21 Å². The largest absolute Gasteiger partial charge is 0.451 e. The molecule has 1 heterocycles. The van der Waals surface area contributed by atoms with Crippen molar-refractivity contribution >= 4 is 51.5 Å². The third-order valence-electron chi connectivity index (χ3n) is 3.38. The molecule has 0 bridgehead atoms. The van der Waals surface area contributed by atoms with Crippen LogP contribution in [0.25, 0.3) is 11.0 Å². The van der Waals surface area contributed by atoms with E-state index in [2.05, 4.69) is 10.6 Å². The number of halogens is 1. The highest BCUT2D eigenvalue weighted by molar-refractivity contribution is 7.80. The number of hydrogen-bond acceptors (Lipinski definition) is 3. The van der Waals surface area contributed by atoms with Crippen LogP contribution in [0.4, 0.5) is 5.69 Å². The molecule has 2 aromatic carbocycles. The molecule has 0 saturated heterocycles. The molecule has 0 aliphatic rings. The quantitative estimate of drug-likeness (QED) is 0.671. The fourth-order valence-corrected chi connectivity index (χ4v) is 2.58. The van der Waals surface area contributed by atoms with E-state index in [4.69, 9.17) is 28.2 Å². The molecule has 0 spiro atoms. The number of rotatable bonds is 2. The van der Waals surface area contributed by atoms with Gasteiger partial charge in [-0.05, 0) is 49.5 Å². The monoisotopic (exact) mass is 344 g/mol. The Hall–Kier alpha value is -2.37. The average molecular weight is 345 g/mol. The molecule has 4 nitrogen and oxygen atoms in total.